The van der Waals surface area contributed by atoms with E-state index in [-0.39, 0.29) is 5.91 Å². The molecular weight excluding hydrogens is 200 g/mol. The van der Waals surface area contributed by atoms with Gasteiger partial charge in [0.25, 0.3) is 5.91 Å². The molecule has 1 saturated heterocycles. The van der Waals surface area contributed by atoms with E-state index in [1.807, 2.05) is 17.0 Å². The Balaban J connectivity index is 1.86. The molecule has 0 radical (unpaired) electrons. The first-order chi connectivity index (χ1) is 7.65. The van der Waals surface area contributed by atoms with Crippen LogP contribution in [0.25, 0.3) is 0 Å². The molecule has 0 atom stereocenters. The first-order valence-electron chi connectivity index (χ1n) is 5.74. The molecule has 1 amide bonds. The Bertz CT molecular complexity index is 449. The van der Waals surface area contributed by atoms with E-state index < -0.39 is 0 Å². The number of hydrogen-bond donors (Lipinski definition) is 0. The van der Waals surface area contributed by atoms with Crippen molar-refractivity contribution in [2.24, 2.45) is 0 Å². The fourth-order valence-corrected chi connectivity index (χ4v) is 2.63. The molecule has 0 N–H and O–H groups in total. The summed E-state index contributed by atoms with van der Waals surface area (Å²) in [6.45, 7) is 4.90. The van der Waals surface area contributed by atoms with Gasteiger partial charge in [0.15, 0.2) is 0 Å². The van der Waals surface area contributed by atoms with Crippen LogP contribution in [0.15, 0.2) is 18.2 Å². The zero-order valence-corrected chi connectivity index (χ0v) is 9.73. The molecule has 0 aromatic heterocycles. The second kappa shape index (κ2) is 3.32. The molecule has 16 heavy (non-hydrogen) atoms. The number of hydrogen-bond acceptors (Lipinski definition) is 2. The third-order valence-corrected chi connectivity index (χ3v) is 3.58. The predicted molar refractivity (Wildman–Crippen MR) is 62.3 cm³/mol. The van der Waals surface area contributed by atoms with Crippen LogP contribution in [0.5, 0.6) is 0 Å². The van der Waals surface area contributed by atoms with E-state index in [2.05, 4.69) is 24.9 Å². The quantitative estimate of drug-likeness (QED) is 0.705. The van der Waals surface area contributed by atoms with Gasteiger partial charge in [0.1, 0.15) is 0 Å². The van der Waals surface area contributed by atoms with Gasteiger partial charge in [-0.2, -0.15) is 0 Å². The highest BCUT2D eigenvalue weighted by Gasteiger charge is 2.37. The van der Waals surface area contributed by atoms with Crippen molar-refractivity contribution in [1.29, 1.82) is 0 Å². The summed E-state index contributed by atoms with van der Waals surface area (Å²) in [7, 11) is 2.09. The smallest absolute Gasteiger partial charge is 0.254 e. The van der Waals surface area contributed by atoms with E-state index in [9.17, 15) is 4.79 Å². The topological polar surface area (TPSA) is 23.6 Å². The van der Waals surface area contributed by atoms with Crippen molar-refractivity contribution in [1.82, 2.24) is 9.80 Å². The lowest BCUT2D eigenvalue weighted by Gasteiger charge is -2.41. The molecule has 0 spiro atoms. The first kappa shape index (κ1) is 9.85. The van der Waals surface area contributed by atoms with Crippen molar-refractivity contribution in [3.63, 3.8) is 0 Å². The number of likely N-dealkylation sites (tertiary alicyclic amines) is 1. The van der Waals surface area contributed by atoms with Gasteiger partial charge >= 0.3 is 0 Å². The third kappa shape index (κ3) is 1.35. The summed E-state index contributed by atoms with van der Waals surface area (Å²) in [5.41, 5.74) is 3.33. The number of carbonyl (C=O) groups is 1. The van der Waals surface area contributed by atoms with Crippen LogP contribution in [0.1, 0.15) is 21.5 Å². The van der Waals surface area contributed by atoms with E-state index in [4.69, 9.17) is 0 Å². The van der Waals surface area contributed by atoms with Crippen LogP contribution in [-0.4, -0.2) is 41.9 Å². The minimum absolute atomic E-state index is 0.216. The fraction of sp³-hybridized carbons (Fsp3) is 0.462. The number of amides is 1. The summed E-state index contributed by atoms with van der Waals surface area (Å²) < 4.78 is 0. The Morgan fingerprint density at radius 3 is 2.75 bits per heavy atom. The molecule has 0 bridgehead atoms. The number of nitrogens with zero attached hydrogens (tertiary/aromatic N) is 2. The Hall–Kier alpha value is -1.35. The summed E-state index contributed by atoms with van der Waals surface area (Å²) in [6.07, 6.45) is 0. The maximum Gasteiger partial charge on any atom is 0.254 e. The number of carbonyl (C=O) groups excluding carboxylic acids is 1. The van der Waals surface area contributed by atoms with Gasteiger partial charge in [-0.3, -0.25) is 4.79 Å². The molecule has 84 valence electrons. The maximum absolute atomic E-state index is 12.2. The van der Waals surface area contributed by atoms with Gasteiger partial charge in [0.2, 0.25) is 0 Å². The molecule has 1 aromatic carbocycles. The average Bonchev–Trinajstić information content (AvgIpc) is 2.51. The summed E-state index contributed by atoms with van der Waals surface area (Å²) >= 11 is 0. The largest absolute Gasteiger partial charge is 0.329 e. The van der Waals surface area contributed by atoms with Gasteiger partial charge in [-0.25, -0.2) is 0 Å². The van der Waals surface area contributed by atoms with Crippen molar-refractivity contribution in [3.8, 4) is 0 Å². The summed E-state index contributed by atoms with van der Waals surface area (Å²) in [5, 5.41) is 0. The van der Waals surface area contributed by atoms with Gasteiger partial charge in [-0.15, -0.1) is 0 Å². The Kier molecular flexibility index (Phi) is 2.04. The number of aryl methyl sites for hydroxylation is 1. The molecule has 3 heteroatoms. The third-order valence-electron chi connectivity index (χ3n) is 3.58. The van der Waals surface area contributed by atoms with Gasteiger partial charge in [0.05, 0.1) is 6.04 Å². The minimum atomic E-state index is 0.216. The molecule has 2 heterocycles. The van der Waals surface area contributed by atoms with Crippen LogP contribution < -0.4 is 0 Å². The first-order valence-corrected chi connectivity index (χ1v) is 5.74. The second-order valence-corrected chi connectivity index (χ2v) is 4.97. The van der Waals surface area contributed by atoms with E-state index in [0.717, 1.165) is 25.2 Å². The van der Waals surface area contributed by atoms with Crippen molar-refractivity contribution < 1.29 is 4.79 Å². The lowest BCUT2D eigenvalue weighted by Crippen LogP contribution is -2.57. The minimum Gasteiger partial charge on any atom is -0.329 e. The second-order valence-electron chi connectivity index (χ2n) is 4.97. The zero-order valence-electron chi connectivity index (χ0n) is 9.73. The van der Waals surface area contributed by atoms with E-state index >= 15 is 0 Å². The molecule has 3 rings (SSSR count). The molecule has 0 aliphatic carbocycles. The monoisotopic (exact) mass is 216 g/mol. The molecule has 2 aliphatic heterocycles. The van der Waals surface area contributed by atoms with E-state index in [1.165, 1.54) is 11.1 Å². The zero-order chi connectivity index (χ0) is 11.3. The Morgan fingerprint density at radius 2 is 2.06 bits per heavy atom. The highest BCUT2D eigenvalue weighted by molar-refractivity contribution is 5.98. The van der Waals surface area contributed by atoms with Crippen molar-refractivity contribution in [2.75, 3.05) is 20.1 Å². The average molecular weight is 216 g/mol. The van der Waals surface area contributed by atoms with Crippen LogP contribution in [0.2, 0.25) is 0 Å². The highest BCUT2D eigenvalue weighted by Crippen LogP contribution is 2.28. The van der Waals surface area contributed by atoms with Crippen LogP contribution in [0.4, 0.5) is 0 Å². The fourth-order valence-electron chi connectivity index (χ4n) is 2.63. The van der Waals surface area contributed by atoms with Crippen LogP contribution in [0.3, 0.4) is 0 Å². The number of benzene rings is 1. The molecule has 1 aromatic rings. The predicted octanol–water partition coefficient (Wildman–Crippen LogP) is 1.26. The number of likely N-dealkylation sites (N-methyl/N-ethyl adjacent to an activating group) is 1. The molecule has 0 unspecified atom stereocenters. The molecule has 3 nitrogen and oxygen atoms in total. The van der Waals surface area contributed by atoms with Gasteiger partial charge in [0, 0.05) is 25.2 Å². The van der Waals surface area contributed by atoms with Crippen molar-refractivity contribution >= 4 is 5.91 Å². The number of fused-ring (bicyclic) bond motifs is 1. The number of rotatable bonds is 1. The van der Waals surface area contributed by atoms with Crippen LogP contribution in [-0.2, 0) is 6.54 Å². The van der Waals surface area contributed by atoms with Crippen molar-refractivity contribution in [2.45, 2.75) is 19.5 Å². The van der Waals surface area contributed by atoms with E-state index in [0.29, 0.717) is 6.04 Å². The van der Waals surface area contributed by atoms with Gasteiger partial charge in [-0.1, -0.05) is 17.7 Å². The van der Waals surface area contributed by atoms with Gasteiger partial charge < -0.3 is 9.80 Å². The lowest BCUT2D eigenvalue weighted by molar-refractivity contribution is 0.0386. The maximum atomic E-state index is 12.2. The summed E-state index contributed by atoms with van der Waals surface area (Å²) in [5.74, 6) is 0.216. The Morgan fingerprint density at radius 1 is 1.31 bits per heavy atom. The highest BCUT2D eigenvalue weighted by atomic mass is 16.2. The van der Waals surface area contributed by atoms with Gasteiger partial charge in [-0.05, 0) is 25.6 Å². The SMILES string of the molecule is Cc1ccc2c(c1)CN(C1CN(C)C1)C2=O. The van der Waals surface area contributed by atoms with Crippen LogP contribution >= 0.6 is 0 Å². The molecular formula is C13H16N2O. The summed E-state index contributed by atoms with van der Waals surface area (Å²) in [6, 6.07) is 6.54. The summed E-state index contributed by atoms with van der Waals surface area (Å²) in [4.78, 5) is 16.4. The van der Waals surface area contributed by atoms with Crippen molar-refractivity contribution in [3.05, 3.63) is 34.9 Å². The Labute approximate surface area is 95.7 Å². The molecule has 1 fully saturated rings. The standard InChI is InChI=1S/C13H16N2O/c1-9-3-4-12-10(5-9)6-15(13(12)16)11-7-14(2)8-11/h3-5,11H,6-8H2,1-2H3. The normalized spacial score (nSPS) is 21.1. The molecule has 0 saturated carbocycles. The molecule has 2 aliphatic rings. The van der Waals surface area contributed by atoms with E-state index in [1.54, 1.807) is 0 Å². The lowest BCUT2D eigenvalue weighted by atomic mass is 10.1. The van der Waals surface area contributed by atoms with Crippen LogP contribution in [0, 0.1) is 6.92 Å².